The van der Waals surface area contributed by atoms with Crippen molar-refractivity contribution in [1.82, 2.24) is 9.97 Å². The molecule has 1 aromatic heterocycles. The molecule has 5 nitrogen and oxygen atoms in total. The van der Waals surface area contributed by atoms with Crippen molar-refractivity contribution in [1.29, 1.82) is 0 Å². The Morgan fingerprint density at radius 1 is 1.59 bits per heavy atom. The third-order valence-corrected chi connectivity index (χ3v) is 3.34. The number of methoxy groups -OCH3 is 1. The van der Waals surface area contributed by atoms with Crippen LogP contribution in [-0.4, -0.2) is 41.9 Å². The predicted molar refractivity (Wildman–Crippen MR) is 65.2 cm³/mol. The van der Waals surface area contributed by atoms with Gasteiger partial charge >= 0.3 is 0 Å². The van der Waals surface area contributed by atoms with Crippen LogP contribution in [-0.2, 0) is 11.3 Å². The maximum absolute atomic E-state index is 9.31. The highest BCUT2D eigenvalue weighted by Gasteiger charge is 2.25. The largest absolute Gasteiger partial charge is 0.391 e. The first-order chi connectivity index (χ1) is 8.26. The molecule has 2 heterocycles. The topological polar surface area (TPSA) is 58.5 Å². The zero-order valence-corrected chi connectivity index (χ0v) is 10.5. The molecule has 0 saturated carbocycles. The number of halogens is 1. The number of aromatic nitrogens is 2. The zero-order valence-electron chi connectivity index (χ0n) is 9.77. The van der Waals surface area contributed by atoms with Crippen LogP contribution in [0, 0.1) is 5.92 Å². The Morgan fingerprint density at radius 2 is 2.41 bits per heavy atom. The molecule has 0 aromatic carbocycles. The highest BCUT2D eigenvalue weighted by molar-refractivity contribution is 6.30. The number of rotatable bonds is 4. The summed E-state index contributed by atoms with van der Waals surface area (Å²) in [5.41, 5.74) is 0.604. The summed E-state index contributed by atoms with van der Waals surface area (Å²) in [6, 6.07) is 0. The minimum Gasteiger partial charge on any atom is -0.391 e. The van der Waals surface area contributed by atoms with Crippen LogP contribution in [0.25, 0.3) is 0 Å². The summed E-state index contributed by atoms with van der Waals surface area (Å²) in [5.74, 6) is 1.26. The van der Waals surface area contributed by atoms with Crippen LogP contribution in [0.3, 0.4) is 0 Å². The molecular weight excluding hydrogens is 242 g/mol. The molecule has 2 rings (SSSR count). The summed E-state index contributed by atoms with van der Waals surface area (Å²) >= 11 is 5.94. The first-order valence-electron chi connectivity index (χ1n) is 5.60. The molecule has 0 radical (unpaired) electrons. The predicted octanol–water partition coefficient (Wildman–Crippen LogP) is 1.09. The minimum absolute atomic E-state index is 0.138. The molecule has 17 heavy (non-hydrogen) atoms. The molecule has 0 amide bonds. The van der Waals surface area contributed by atoms with Gasteiger partial charge in [-0.25, -0.2) is 9.97 Å². The van der Waals surface area contributed by atoms with E-state index >= 15 is 0 Å². The standard InChI is InChI=1S/C11H16ClN3O2/c1-17-6-8-2-3-15(4-8)11-9(5-16)10(12)13-7-14-11/h7-8,16H,2-6H2,1H3. The van der Waals surface area contributed by atoms with E-state index in [1.54, 1.807) is 7.11 Å². The van der Waals surface area contributed by atoms with Gasteiger partial charge in [-0.2, -0.15) is 0 Å². The van der Waals surface area contributed by atoms with Crippen molar-refractivity contribution in [2.24, 2.45) is 5.92 Å². The molecule has 0 bridgehead atoms. The molecule has 94 valence electrons. The number of aliphatic hydroxyl groups excluding tert-OH is 1. The summed E-state index contributed by atoms with van der Waals surface area (Å²) in [4.78, 5) is 10.2. The van der Waals surface area contributed by atoms with E-state index in [0.29, 0.717) is 16.6 Å². The fourth-order valence-corrected chi connectivity index (χ4v) is 2.38. The van der Waals surface area contributed by atoms with Crippen molar-refractivity contribution >= 4 is 17.4 Å². The summed E-state index contributed by atoms with van der Waals surface area (Å²) in [6.07, 6.45) is 2.50. The van der Waals surface area contributed by atoms with E-state index in [2.05, 4.69) is 14.9 Å². The molecule has 1 unspecified atom stereocenters. The van der Waals surface area contributed by atoms with Crippen LogP contribution in [0.1, 0.15) is 12.0 Å². The molecule has 1 atom stereocenters. The Bertz CT molecular complexity index is 389. The smallest absolute Gasteiger partial charge is 0.140 e. The van der Waals surface area contributed by atoms with Crippen molar-refractivity contribution in [3.8, 4) is 0 Å². The number of ether oxygens (including phenoxy) is 1. The lowest BCUT2D eigenvalue weighted by Gasteiger charge is -2.20. The number of hydrogen-bond donors (Lipinski definition) is 1. The Kier molecular flexibility index (Phi) is 4.15. The van der Waals surface area contributed by atoms with Gasteiger partial charge in [0.2, 0.25) is 0 Å². The highest BCUT2D eigenvalue weighted by Crippen LogP contribution is 2.28. The number of nitrogens with zero attached hydrogens (tertiary/aromatic N) is 3. The van der Waals surface area contributed by atoms with Gasteiger partial charge in [-0.15, -0.1) is 0 Å². The second kappa shape index (κ2) is 5.62. The maximum Gasteiger partial charge on any atom is 0.140 e. The van der Waals surface area contributed by atoms with Gasteiger partial charge in [0.25, 0.3) is 0 Å². The monoisotopic (exact) mass is 257 g/mol. The molecule has 6 heteroatoms. The molecular formula is C11H16ClN3O2. The first-order valence-corrected chi connectivity index (χ1v) is 5.98. The van der Waals surface area contributed by atoms with E-state index in [9.17, 15) is 5.11 Å². The molecule has 0 spiro atoms. The van der Waals surface area contributed by atoms with Crippen LogP contribution in [0.5, 0.6) is 0 Å². The summed E-state index contributed by atoms with van der Waals surface area (Å²) < 4.78 is 5.16. The molecule has 1 N–H and O–H groups in total. The third-order valence-electron chi connectivity index (χ3n) is 3.02. The van der Waals surface area contributed by atoms with E-state index in [0.717, 1.165) is 31.9 Å². The quantitative estimate of drug-likeness (QED) is 0.819. The van der Waals surface area contributed by atoms with Crippen molar-refractivity contribution in [2.75, 3.05) is 31.7 Å². The van der Waals surface area contributed by atoms with Gasteiger partial charge in [0.15, 0.2) is 0 Å². The normalized spacial score (nSPS) is 19.9. The molecule has 1 fully saturated rings. The fourth-order valence-electron chi connectivity index (χ4n) is 2.19. The van der Waals surface area contributed by atoms with Crippen LogP contribution in [0.2, 0.25) is 5.15 Å². The highest BCUT2D eigenvalue weighted by atomic mass is 35.5. The third kappa shape index (κ3) is 2.68. The Balaban J connectivity index is 2.15. The molecule has 1 aliphatic heterocycles. The van der Waals surface area contributed by atoms with Crippen molar-refractivity contribution in [3.05, 3.63) is 17.0 Å². The van der Waals surface area contributed by atoms with E-state index in [-0.39, 0.29) is 6.61 Å². The van der Waals surface area contributed by atoms with E-state index in [4.69, 9.17) is 16.3 Å². The van der Waals surface area contributed by atoms with Crippen molar-refractivity contribution < 1.29 is 9.84 Å². The van der Waals surface area contributed by atoms with Crippen LogP contribution < -0.4 is 4.90 Å². The van der Waals surface area contributed by atoms with Gasteiger partial charge in [-0.3, -0.25) is 0 Å². The average Bonchev–Trinajstić information content (AvgIpc) is 2.78. The summed E-state index contributed by atoms with van der Waals surface area (Å²) in [6.45, 7) is 2.41. The summed E-state index contributed by atoms with van der Waals surface area (Å²) in [7, 11) is 1.71. The average molecular weight is 258 g/mol. The number of anilines is 1. The van der Waals surface area contributed by atoms with Gasteiger partial charge in [-0.1, -0.05) is 11.6 Å². The minimum atomic E-state index is -0.138. The summed E-state index contributed by atoms with van der Waals surface area (Å²) in [5, 5.41) is 9.64. The van der Waals surface area contributed by atoms with Crippen LogP contribution in [0.4, 0.5) is 5.82 Å². The zero-order chi connectivity index (χ0) is 12.3. The van der Waals surface area contributed by atoms with E-state index in [1.807, 2.05) is 0 Å². The van der Waals surface area contributed by atoms with Gasteiger partial charge in [-0.05, 0) is 6.42 Å². The Morgan fingerprint density at radius 3 is 3.12 bits per heavy atom. The first kappa shape index (κ1) is 12.5. The van der Waals surface area contributed by atoms with Gasteiger partial charge in [0, 0.05) is 26.1 Å². The fraction of sp³-hybridized carbons (Fsp3) is 0.636. The van der Waals surface area contributed by atoms with Crippen LogP contribution in [0.15, 0.2) is 6.33 Å². The van der Waals surface area contributed by atoms with Gasteiger partial charge < -0.3 is 14.7 Å². The number of hydrogen-bond acceptors (Lipinski definition) is 5. The SMILES string of the molecule is COCC1CCN(c2ncnc(Cl)c2CO)C1. The maximum atomic E-state index is 9.31. The molecule has 1 aromatic rings. The molecule has 1 saturated heterocycles. The molecule has 1 aliphatic rings. The Labute approximate surface area is 105 Å². The lowest BCUT2D eigenvalue weighted by Crippen LogP contribution is -2.23. The van der Waals surface area contributed by atoms with E-state index < -0.39 is 0 Å². The van der Waals surface area contributed by atoms with Gasteiger partial charge in [0.05, 0.1) is 18.8 Å². The molecule has 0 aliphatic carbocycles. The van der Waals surface area contributed by atoms with Crippen molar-refractivity contribution in [3.63, 3.8) is 0 Å². The van der Waals surface area contributed by atoms with Crippen LogP contribution >= 0.6 is 11.6 Å². The second-order valence-corrected chi connectivity index (χ2v) is 4.54. The Hall–Kier alpha value is -0.910. The van der Waals surface area contributed by atoms with Gasteiger partial charge in [0.1, 0.15) is 17.3 Å². The lowest BCUT2D eigenvalue weighted by molar-refractivity contribution is 0.161. The van der Waals surface area contributed by atoms with Crippen molar-refractivity contribution in [2.45, 2.75) is 13.0 Å². The lowest BCUT2D eigenvalue weighted by atomic mass is 10.1. The number of aliphatic hydroxyl groups is 1. The second-order valence-electron chi connectivity index (χ2n) is 4.18. The van der Waals surface area contributed by atoms with E-state index in [1.165, 1.54) is 6.33 Å².